The smallest absolute Gasteiger partial charge is 0.411 e. The van der Waals surface area contributed by atoms with Crippen molar-refractivity contribution in [1.29, 1.82) is 0 Å². The molecular weight excluding hydrogens is 744 g/mol. The van der Waals surface area contributed by atoms with E-state index in [2.05, 4.69) is 24.3 Å². The second kappa shape index (κ2) is 13.7. The van der Waals surface area contributed by atoms with Crippen molar-refractivity contribution < 1.29 is 60.5 Å². The topological polar surface area (TPSA) is 159 Å². The summed E-state index contributed by atoms with van der Waals surface area (Å²) in [5, 5.41) is 16.3. The second-order valence-electron chi connectivity index (χ2n) is 10.1. The summed E-state index contributed by atoms with van der Waals surface area (Å²) in [6.45, 7) is 9.82. The van der Waals surface area contributed by atoms with Crippen molar-refractivity contribution in [1.82, 2.24) is 29.4 Å². The summed E-state index contributed by atoms with van der Waals surface area (Å²) in [5.74, 6) is 0.444. The second-order valence-corrected chi connectivity index (χ2v) is 10.1. The van der Waals surface area contributed by atoms with Gasteiger partial charge in [-0.2, -0.15) is 4.58 Å². The first-order valence-corrected chi connectivity index (χ1v) is 12.8. The molecule has 0 radical (unpaired) electrons. The maximum Gasteiger partial charge on any atom is 0.411 e. The first-order valence-electron chi connectivity index (χ1n) is 12.8. The Morgan fingerprint density at radius 3 is 2.58 bits per heavy atom. The standard InChI is InChI=1S/C25H32N7O4.CH4O.H2O.U/c1-6-16-15-29(24(34)36-25(2,3)4)12-13-30(16)21-18-8-7-11-31(18)23-20(22(21)33)27-32(28-23)17-9-10-26-19(14-17)35-5;1-2;;/h9-10,14H,6-8,11-13,15H2,1-5H3;2H,1H3;1H2;/q+1;;;. The van der Waals surface area contributed by atoms with E-state index in [0.717, 1.165) is 37.9 Å². The summed E-state index contributed by atoms with van der Waals surface area (Å²) in [7, 11) is 2.55. The molecule has 3 aromatic heterocycles. The van der Waals surface area contributed by atoms with E-state index in [1.54, 1.807) is 30.3 Å². The Morgan fingerprint density at radius 2 is 1.93 bits per heavy atom. The third-order valence-corrected chi connectivity index (χ3v) is 6.51. The van der Waals surface area contributed by atoms with Gasteiger partial charge in [0.25, 0.3) is 11.1 Å². The molecule has 0 unspecified atom stereocenters. The Kier molecular flexibility index (Phi) is 11.5. The van der Waals surface area contributed by atoms with Crippen molar-refractivity contribution in [2.45, 2.75) is 59.1 Å². The molecule has 14 heteroatoms. The summed E-state index contributed by atoms with van der Waals surface area (Å²) in [6.07, 6.45) is 3.72. The number of aryl methyl sites for hydroxylation is 1. The third kappa shape index (κ3) is 6.57. The summed E-state index contributed by atoms with van der Waals surface area (Å²) in [5.41, 5.74) is 3.51. The van der Waals surface area contributed by atoms with Gasteiger partial charge in [0.2, 0.25) is 5.88 Å². The maximum absolute atomic E-state index is 13.9. The van der Waals surface area contributed by atoms with Crippen molar-refractivity contribution >= 4 is 28.7 Å². The van der Waals surface area contributed by atoms with Gasteiger partial charge >= 0.3 is 6.09 Å². The van der Waals surface area contributed by atoms with Crippen LogP contribution >= 0.6 is 0 Å². The van der Waals surface area contributed by atoms with Gasteiger partial charge in [-0.15, -0.1) is 15.0 Å². The minimum atomic E-state index is -0.560. The number of aliphatic hydroxyl groups is 1. The molecule has 5 rings (SSSR count). The number of ether oxygens (including phenoxy) is 2. The number of amides is 1. The molecule has 3 aromatic rings. The molecule has 0 saturated carbocycles. The number of carbonyl (C=O) groups excluding carboxylic acids is 1. The summed E-state index contributed by atoms with van der Waals surface area (Å²) in [6, 6.07) is 3.50. The van der Waals surface area contributed by atoms with Crippen LogP contribution in [0.1, 0.15) is 46.2 Å². The van der Waals surface area contributed by atoms with Gasteiger partial charge in [0, 0.05) is 63.5 Å². The minimum absolute atomic E-state index is 0. The van der Waals surface area contributed by atoms with Crippen LogP contribution < -0.4 is 10.2 Å². The first kappa shape index (κ1) is 33.4. The van der Waals surface area contributed by atoms with Crippen molar-refractivity contribution in [3.8, 4) is 11.6 Å². The number of aliphatic hydroxyl groups excluding tert-OH is 1. The predicted octanol–water partition coefficient (Wildman–Crippen LogP) is 1.46. The van der Waals surface area contributed by atoms with Gasteiger partial charge in [0.1, 0.15) is 12.1 Å². The summed E-state index contributed by atoms with van der Waals surface area (Å²) < 4.78 is 15.0. The van der Waals surface area contributed by atoms with Crippen LogP contribution in [0.15, 0.2) is 23.1 Å². The van der Waals surface area contributed by atoms with E-state index in [-0.39, 0.29) is 48.1 Å². The van der Waals surface area contributed by atoms with Crippen molar-refractivity contribution in [2.75, 3.05) is 33.9 Å². The number of methoxy groups -OCH3 is 1. The molecule has 5 heterocycles. The Hall–Kier alpha value is -2.79. The molecule has 0 bridgehead atoms. The molecule has 40 heavy (non-hydrogen) atoms. The van der Waals surface area contributed by atoms with Crippen LogP contribution in [0.4, 0.5) is 10.5 Å². The predicted molar refractivity (Wildman–Crippen MR) is 145 cm³/mol. The quantitative estimate of drug-likeness (QED) is 0.390. The normalized spacial score (nSPS) is 14.5. The van der Waals surface area contributed by atoms with E-state index < -0.39 is 5.60 Å². The number of nitrogens with zero attached hydrogens (tertiary/aromatic N) is 7. The van der Waals surface area contributed by atoms with Crippen LogP contribution in [0.3, 0.4) is 0 Å². The van der Waals surface area contributed by atoms with Crippen molar-refractivity contribution in [3.05, 3.63) is 34.2 Å². The van der Waals surface area contributed by atoms with E-state index in [0.29, 0.717) is 54.5 Å². The van der Waals surface area contributed by atoms with Crippen molar-refractivity contribution in [2.24, 2.45) is 0 Å². The molecular formula is C26H38N7O6U+. The van der Waals surface area contributed by atoms with E-state index >= 15 is 0 Å². The Morgan fingerprint density at radius 1 is 1.20 bits per heavy atom. The van der Waals surface area contributed by atoms with Crippen LogP contribution in [0, 0.1) is 31.1 Å². The molecule has 0 atom stereocenters. The molecule has 3 N–H and O–H groups in total. The van der Waals surface area contributed by atoms with Crippen molar-refractivity contribution in [3.63, 3.8) is 0 Å². The molecule has 1 amide bonds. The number of carbonyl (C=O) groups is 1. The molecule has 2 aliphatic heterocycles. The SMILES string of the molecule is CCC1=[N+](c2c3n(c4nn(-c5ccnc(OC)c5)nc4c2=O)CCC3)CCN(C(=O)OC(C)(C)C)C1.CO.O.[U]. The van der Waals surface area contributed by atoms with Crippen LogP contribution in [0.2, 0.25) is 0 Å². The van der Waals surface area contributed by atoms with E-state index in [4.69, 9.17) is 14.6 Å². The fourth-order valence-corrected chi connectivity index (χ4v) is 4.87. The molecule has 0 saturated heterocycles. The van der Waals surface area contributed by atoms with Gasteiger partial charge in [-0.1, -0.05) is 6.92 Å². The molecule has 216 valence electrons. The van der Waals surface area contributed by atoms with E-state index in [1.807, 2.05) is 27.7 Å². The summed E-state index contributed by atoms with van der Waals surface area (Å²) in [4.78, 5) is 33.9. The van der Waals surface area contributed by atoms with E-state index in [9.17, 15) is 9.59 Å². The third-order valence-electron chi connectivity index (χ3n) is 6.51. The zero-order valence-electron chi connectivity index (χ0n) is 23.9. The number of hydrogen-bond donors (Lipinski definition) is 1. The monoisotopic (exact) mass is 782 g/mol. The first-order chi connectivity index (χ1) is 18.2. The zero-order chi connectivity index (χ0) is 27.6. The number of hydrogen-bond acceptors (Lipinski definition) is 8. The van der Waals surface area contributed by atoms with Gasteiger partial charge in [0.15, 0.2) is 23.4 Å². The zero-order valence-corrected chi connectivity index (χ0v) is 28.1. The Labute approximate surface area is 256 Å². The number of fused-ring (bicyclic) bond motifs is 3. The maximum atomic E-state index is 13.9. The van der Waals surface area contributed by atoms with Crippen LogP contribution in [0.25, 0.3) is 16.9 Å². The Balaban J connectivity index is 0.00000137. The average molecular weight is 783 g/mol. The van der Waals surface area contributed by atoms with Gasteiger partial charge in [-0.25, -0.2) is 9.78 Å². The molecule has 0 fully saturated rings. The number of rotatable bonds is 4. The number of aromatic nitrogens is 5. The van der Waals surface area contributed by atoms with Crippen LogP contribution in [-0.4, -0.2) is 95.9 Å². The van der Waals surface area contributed by atoms with Gasteiger partial charge < -0.3 is 24.6 Å². The van der Waals surface area contributed by atoms with Gasteiger partial charge in [0.05, 0.1) is 25.0 Å². The molecule has 0 spiro atoms. The largest absolute Gasteiger partial charge is 0.481 e. The molecule has 13 nitrogen and oxygen atoms in total. The average Bonchev–Trinajstić information content (AvgIpc) is 3.57. The molecule has 2 aliphatic rings. The number of pyridine rings is 2. The van der Waals surface area contributed by atoms with Crippen LogP contribution in [0.5, 0.6) is 5.88 Å². The molecule has 0 aliphatic carbocycles. The van der Waals surface area contributed by atoms with E-state index in [1.165, 1.54) is 4.80 Å². The fourth-order valence-electron chi connectivity index (χ4n) is 4.87. The molecule has 0 aromatic carbocycles. The fraction of sp³-hybridized carbons (Fsp3) is 0.538. The Bertz CT molecular complexity index is 1440. The van der Waals surface area contributed by atoms with Gasteiger partial charge in [-0.05, 0) is 39.7 Å². The minimum Gasteiger partial charge on any atom is -0.481 e. The van der Waals surface area contributed by atoms with Gasteiger partial charge in [-0.3, -0.25) is 9.69 Å². The summed E-state index contributed by atoms with van der Waals surface area (Å²) >= 11 is 0. The van der Waals surface area contributed by atoms with Crippen LogP contribution in [-0.2, 0) is 17.7 Å².